The van der Waals surface area contributed by atoms with Crippen LogP contribution in [0.2, 0.25) is 0 Å². The van der Waals surface area contributed by atoms with E-state index in [4.69, 9.17) is 14.2 Å². The molecule has 0 atom stereocenters. The average molecular weight is 411 g/mol. The fourth-order valence-corrected chi connectivity index (χ4v) is 3.76. The van der Waals surface area contributed by atoms with Gasteiger partial charge in [0.15, 0.2) is 11.5 Å². The number of carbonyl (C=O) groups excluding carboxylic acids is 2. The lowest BCUT2D eigenvalue weighted by Gasteiger charge is -2.10. The Morgan fingerprint density at radius 2 is 1.69 bits per heavy atom. The number of benzene rings is 2. The molecule has 0 bridgehead atoms. The van der Waals surface area contributed by atoms with Gasteiger partial charge in [0.25, 0.3) is 5.91 Å². The van der Waals surface area contributed by atoms with Crippen molar-refractivity contribution in [2.75, 3.05) is 26.1 Å². The van der Waals surface area contributed by atoms with Gasteiger partial charge < -0.3 is 19.5 Å². The first kappa shape index (κ1) is 20.4. The molecule has 0 radical (unpaired) electrons. The van der Waals surface area contributed by atoms with Crippen molar-refractivity contribution in [3.05, 3.63) is 65.0 Å². The van der Waals surface area contributed by atoms with Crippen molar-refractivity contribution in [3.8, 4) is 21.9 Å². The van der Waals surface area contributed by atoms with Gasteiger partial charge in [-0.1, -0.05) is 30.3 Å². The Kier molecular flexibility index (Phi) is 6.51. The molecule has 1 N–H and O–H groups in total. The Balaban J connectivity index is 1.93. The van der Waals surface area contributed by atoms with Crippen molar-refractivity contribution in [1.82, 2.24) is 0 Å². The second kappa shape index (κ2) is 9.25. The number of anilines is 1. The Labute approximate surface area is 173 Å². The van der Waals surface area contributed by atoms with Crippen LogP contribution in [0.25, 0.3) is 10.4 Å². The smallest absolute Gasteiger partial charge is 0.350 e. The summed E-state index contributed by atoms with van der Waals surface area (Å²) in [7, 11) is 3.03. The molecule has 29 heavy (non-hydrogen) atoms. The fourth-order valence-electron chi connectivity index (χ4n) is 2.75. The Hall–Kier alpha value is -3.32. The Morgan fingerprint density at radius 1 is 0.966 bits per heavy atom. The summed E-state index contributed by atoms with van der Waals surface area (Å²) in [5, 5.41) is 2.82. The van der Waals surface area contributed by atoms with E-state index in [9.17, 15) is 9.59 Å². The van der Waals surface area contributed by atoms with Gasteiger partial charge in [0.1, 0.15) is 4.88 Å². The normalized spacial score (nSPS) is 10.3. The topological polar surface area (TPSA) is 73.9 Å². The molecule has 1 heterocycles. The van der Waals surface area contributed by atoms with E-state index in [1.807, 2.05) is 30.3 Å². The molecule has 0 aliphatic carbocycles. The highest BCUT2D eigenvalue weighted by molar-refractivity contribution is 7.18. The summed E-state index contributed by atoms with van der Waals surface area (Å²) in [6.07, 6.45) is 0. The number of ether oxygens (including phenoxy) is 3. The molecule has 0 saturated carbocycles. The number of nitrogens with one attached hydrogen (secondary N) is 1. The standard InChI is InChI=1S/C22H21NO5S/c1-4-28-22(25)20-16(13-19(29-20)14-8-6-5-7-9-14)23-21(24)15-10-11-17(26-2)18(12-15)27-3/h5-13H,4H2,1-3H3,(H,23,24). The average Bonchev–Trinajstić information content (AvgIpc) is 3.17. The second-order valence-electron chi connectivity index (χ2n) is 5.96. The van der Waals surface area contributed by atoms with Gasteiger partial charge in [-0.05, 0) is 36.8 Å². The SMILES string of the molecule is CCOC(=O)c1sc(-c2ccccc2)cc1NC(=O)c1ccc(OC)c(OC)c1. The van der Waals surface area contributed by atoms with Gasteiger partial charge in [-0.3, -0.25) is 4.79 Å². The van der Waals surface area contributed by atoms with Crippen molar-refractivity contribution >= 4 is 28.9 Å². The van der Waals surface area contributed by atoms with Crippen LogP contribution in [-0.4, -0.2) is 32.7 Å². The molecule has 6 nitrogen and oxygen atoms in total. The summed E-state index contributed by atoms with van der Waals surface area (Å²) in [5.74, 6) is 0.135. The third-order valence-electron chi connectivity index (χ3n) is 4.15. The monoisotopic (exact) mass is 411 g/mol. The van der Waals surface area contributed by atoms with E-state index in [1.54, 1.807) is 31.2 Å². The van der Waals surface area contributed by atoms with Crippen molar-refractivity contribution in [2.24, 2.45) is 0 Å². The molecule has 7 heteroatoms. The predicted molar refractivity (Wildman–Crippen MR) is 113 cm³/mol. The van der Waals surface area contributed by atoms with E-state index >= 15 is 0 Å². The van der Waals surface area contributed by atoms with Gasteiger partial charge in [0.2, 0.25) is 0 Å². The number of rotatable bonds is 7. The molecule has 0 unspecified atom stereocenters. The van der Waals surface area contributed by atoms with Crippen molar-refractivity contribution in [1.29, 1.82) is 0 Å². The number of carbonyl (C=O) groups is 2. The van der Waals surface area contributed by atoms with E-state index < -0.39 is 5.97 Å². The van der Waals surface area contributed by atoms with Crippen molar-refractivity contribution in [2.45, 2.75) is 6.92 Å². The molecule has 0 spiro atoms. The number of amides is 1. The van der Waals surface area contributed by atoms with Crippen LogP contribution >= 0.6 is 11.3 Å². The first-order chi connectivity index (χ1) is 14.1. The molecular weight excluding hydrogens is 390 g/mol. The third-order valence-corrected chi connectivity index (χ3v) is 5.31. The zero-order valence-corrected chi connectivity index (χ0v) is 17.2. The van der Waals surface area contributed by atoms with Gasteiger partial charge in [-0.15, -0.1) is 11.3 Å². The lowest BCUT2D eigenvalue weighted by molar-refractivity contribution is 0.0533. The van der Waals surface area contributed by atoms with E-state index in [0.29, 0.717) is 27.6 Å². The maximum absolute atomic E-state index is 12.8. The molecule has 0 fully saturated rings. The Bertz CT molecular complexity index is 1010. The van der Waals surface area contributed by atoms with Crippen LogP contribution in [-0.2, 0) is 4.74 Å². The van der Waals surface area contributed by atoms with Crippen LogP contribution in [0.4, 0.5) is 5.69 Å². The maximum Gasteiger partial charge on any atom is 0.350 e. The zero-order valence-electron chi connectivity index (χ0n) is 16.4. The number of esters is 1. The maximum atomic E-state index is 12.8. The molecule has 1 amide bonds. The summed E-state index contributed by atoms with van der Waals surface area (Å²) in [5.41, 5.74) is 1.74. The summed E-state index contributed by atoms with van der Waals surface area (Å²) in [6, 6.07) is 16.3. The van der Waals surface area contributed by atoms with Gasteiger partial charge in [0, 0.05) is 10.4 Å². The molecule has 0 aliphatic rings. The van der Waals surface area contributed by atoms with Crippen LogP contribution in [0.5, 0.6) is 11.5 Å². The van der Waals surface area contributed by atoms with Gasteiger partial charge in [-0.2, -0.15) is 0 Å². The minimum Gasteiger partial charge on any atom is -0.493 e. The quantitative estimate of drug-likeness (QED) is 0.562. The second-order valence-corrected chi connectivity index (χ2v) is 7.02. The number of methoxy groups -OCH3 is 2. The lowest BCUT2D eigenvalue weighted by atomic mass is 10.1. The van der Waals surface area contributed by atoms with Crippen LogP contribution in [0.15, 0.2) is 54.6 Å². The van der Waals surface area contributed by atoms with E-state index in [2.05, 4.69) is 5.32 Å². The fraction of sp³-hybridized carbons (Fsp3) is 0.182. The van der Waals surface area contributed by atoms with Gasteiger partial charge >= 0.3 is 5.97 Å². The summed E-state index contributed by atoms with van der Waals surface area (Å²) >= 11 is 1.28. The van der Waals surface area contributed by atoms with Crippen LogP contribution in [0, 0.1) is 0 Å². The number of hydrogen-bond donors (Lipinski definition) is 1. The van der Waals surface area contributed by atoms with Crippen molar-refractivity contribution in [3.63, 3.8) is 0 Å². The lowest BCUT2D eigenvalue weighted by Crippen LogP contribution is -2.14. The molecule has 0 aliphatic heterocycles. The van der Waals surface area contributed by atoms with Gasteiger partial charge in [0.05, 0.1) is 26.5 Å². The van der Waals surface area contributed by atoms with Crippen LogP contribution in [0.1, 0.15) is 27.0 Å². The van der Waals surface area contributed by atoms with E-state index in [1.165, 1.54) is 25.6 Å². The Morgan fingerprint density at radius 3 is 2.34 bits per heavy atom. The molecule has 0 saturated heterocycles. The summed E-state index contributed by atoms with van der Waals surface area (Å²) in [4.78, 5) is 26.4. The summed E-state index contributed by atoms with van der Waals surface area (Å²) < 4.78 is 15.6. The molecular formula is C22H21NO5S. The van der Waals surface area contributed by atoms with Gasteiger partial charge in [-0.25, -0.2) is 4.79 Å². The molecule has 3 aromatic rings. The first-order valence-electron chi connectivity index (χ1n) is 8.97. The van der Waals surface area contributed by atoms with Crippen LogP contribution in [0.3, 0.4) is 0 Å². The molecule has 150 valence electrons. The number of thiophene rings is 1. The highest BCUT2D eigenvalue weighted by Gasteiger charge is 2.21. The minimum atomic E-state index is -0.470. The highest BCUT2D eigenvalue weighted by atomic mass is 32.1. The molecule has 2 aromatic carbocycles. The van der Waals surface area contributed by atoms with E-state index in [-0.39, 0.29) is 12.5 Å². The minimum absolute atomic E-state index is 0.250. The van der Waals surface area contributed by atoms with Crippen molar-refractivity contribution < 1.29 is 23.8 Å². The van der Waals surface area contributed by atoms with Crippen LogP contribution < -0.4 is 14.8 Å². The first-order valence-corrected chi connectivity index (χ1v) is 9.78. The van der Waals surface area contributed by atoms with E-state index in [0.717, 1.165) is 10.4 Å². The molecule has 3 rings (SSSR count). The number of hydrogen-bond acceptors (Lipinski definition) is 6. The highest BCUT2D eigenvalue weighted by Crippen LogP contribution is 2.36. The summed E-state index contributed by atoms with van der Waals surface area (Å²) in [6.45, 7) is 1.99. The largest absolute Gasteiger partial charge is 0.493 e. The predicted octanol–water partition coefficient (Wildman–Crippen LogP) is 4.86. The zero-order chi connectivity index (χ0) is 20.8. The third kappa shape index (κ3) is 4.57. The molecule has 1 aromatic heterocycles.